The summed E-state index contributed by atoms with van der Waals surface area (Å²) in [6.07, 6.45) is 0. The Labute approximate surface area is 106 Å². The van der Waals surface area contributed by atoms with Crippen LogP contribution in [0.4, 0.5) is 4.79 Å². The average molecular weight is 284 g/mol. The first kappa shape index (κ1) is 13.2. The number of aryl methyl sites for hydroxylation is 1. The maximum Gasteiger partial charge on any atom is 0.289 e. The summed E-state index contributed by atoms with van der Waals surface area (Å²) < 4.78 is 0. The van der Waals surface area contributed by atoms with Gasteiger partial charge in [0.1, 0.15) is 0 Å². The van der Waals surface area contributed by atoms with Gasteiger partial charge in [-0.05, 0) is 29.5 Å². The van der Waals surface area contributed by atoms with Crippen LogP contribution in [0.5, 0.6) is 0 Å². The van der Waals surface area contributed by atoms with Gasteiger partial charge in [-0.25, -0.2) is 0 Å². The van der Waals surface area contributed by atoms with Crippen LogP contribution in [0.3, 0.4) is 0 Å². The van der Waals surface area contributed by atoms with Crippen molar-refractivity contribution in [3.63, 3.8) is 0 Å². The van der Waals surface area contributed by atoms with Gasteiger partial charge in [-0.2, -0.15) is 0 Å². The molecule has 0 unspecified atom stereocenters. The number of benzene rings is 1. The Hall–Kier alpha value is -0.830. The van der Waals surface area contributed by atoms with E-state index in [9.17, 15) is 4.79 Å². The predicted octanol–water partition coefficient (Wildman–Crippen LogP) is 4.07. The minimum atomic E-state index is -0.0816. The molecule has 1 rings (SSSR count). The number of halogens is 1. The third-order valence-electron chi connectivity index (χ3n) is 2.75. The minimum absolute atomic E-state index is 0.0816. The fourth-order valence-electron chi connectivity index (χ4n) is 1.54. The quantitative estimate of drug-likeness (QED) is 0.605. The summed E-state index contributed by atoms with van der Waals surface area (Å²) in [5.74, 6) is 0.518. The summed E-state index contributed by atoms with van der Waals surface area (Å²) in [6, 6.07) is 6.46. The van der Waals surface area contributed by atoms with Crippen molar-refractivity contribution >= 4 is 20.7 Å². The zero-order valence-electron chi connectivity index (χ0n) is 10.2. The molecule has 1 amide bonds. The molecule has 0 fully saturated rings. The molecule has 0 N–H and O–H groups in total. The van der Waals surface area contributed by atoms with Crippen molar-refractivity contribution < 1.29 is 4.79 Å². The molecule has 2 nitrogen and oxygen atoms in total. The molecule has 0 atom stereocenters. The van der Waals surface area contributed by atoms with Crippen LogP contribution < -0.4 is 0 Å². The Morgan fingerprint density at radius 1 is 1.44 bits per heavy atom. The highest BCUT2D eigenvalue weighted by atomic mass is 79.9. The first-order valence-corrected chi connectivity index (χ1v) is 6.21. The van der Waals surface area contributed by atoms with Crippen LogP contribution in [-0.4, -0.2) is 16.8 Å². The van der Waals surface area contributed by atoms with E-state index in [1.165, 1.54) is 16.7 Å². The smallest absolute Gasteiger partial charge is 0.289 e. The molecule has 3 heteroatoms. The monoisotopic (exact) mass is 283 g/mol. The van der Waals surface area contributed by atoms with E-state index >= 15 is 0 Å². The first-order chi connectivity index (χ1) is 7.41. The number of amides is 1. The lowest BCUT2D eigenvalue weighted by Crippen LogP contribution is -2.20. The van der Waals surface area contributed by atoms with Crippen LogP contribution >= 0.6 is 15.9 Å². The summed E-state index contributed by atoms with van der Waals surface area (Å²) in [4.78, 5) is 12.7. The summed E-state index contributed by atoms with van der Waals surface area (Å²) in [5, 5.41) is 0. The normalized spacial score (nSPS) is 10.6. The van der Waals surface area contributed by atoms with Crippen molar-refractivity contribution in [3.05, 3.63) is 34.9 Å². The number of hydrogen-bond donors (Lipinski definition) is 0. The molecule has 88 valence electrons. The molecule has 0 aliphatic rings. The van der Waals surface area contributed by atoms with Gasteiger partial charge in [-0.15, -0.1) is 0 Å². The van der Waals surface area contributed by atoms with E-state index in [0.29, 0.717) is 12.5 Å². The van der Waals surface area contributed by atoms with Crippen LogP contribution in [0.25, 0.3) is 0 Å². The molecule has 1 aromatic rings. The second-order valence-electron chi connectivity index (χ2n) is 4.45. The molecule has 0 aliphatic heterocycles. The van der Waals surface area contributed by atoms with E-state index in [4.69, 9.17) is 0 Å². The van der Waals surface area contributed by atoms with E-state index in [1.54, 1.807) is 11.9 Å². The van der Waals surface area contributed by atoms with Gasteiger partial charge in [0.15, 0.2) is 0 Å². The van der Waals surface area contributed by atoms with Crippen LogP contribution in [0, 0.1) is 6.92 Å². The zero-order chi connectivity index (χ0) is 12.3. The largest absolute Gasteiger partial charge is 0.332 e. The summed E-state index contributed by atoms with van der Waals surface area (Å²) in [7, 11) is 1.79. The molecule has 0 saturated heterocycles. The Kier molecular flexibility index (Phi) is 4.54. The molecule has 1 aromatic carbocycles. The molecule has 16 heavy (non-hydrogen) atoms. The highest BCUT2D eigenvalue weighted by molar-refractivity contribution is 9.18. The van der Waals surface area contributed by atoms with Crippen molar-refractivity contribution in [3.8, 4) is 0 Å². The molecule has 0 bridgehead atoms. The molecule has 0 saturated carbocycles. The third-order valence-corrected chi connectivity index (χ3v) is 3.35. The minimum Gasteiger partial charge on any atom is -0.332 e. The highest BCUT2D eigenvalue weighted by Gasteiger charge is 2.08. The molecule has 0 aliphatic carbocycles. The average Bonchev–Trinajstić information content (AvgIpc) is 2.20. The van der Waals surface area contributed by atoms with Crippen molar-refractivity contribution in [2.45, 2.75) is 33.2 Å². The van der Waals surface area contributed by atoms with Crippen LogP contribution in [0.2, 0.25) is 0 Å². The van der Waals surface area contributed by atoms with Gasteiger partial charge in [0, 0.05) is 29.5 Å². The SMILES string of the molecule is Cc1ccc(C(C)C)cc1CN(C)C(=O)Br. The highest BCUT2D eigenvalue weighted by Crippen LogP contribution is 2.20. The molecular formula is C13H18BrNO. The van der Waals surface area contributed by atoms with Crippen molar-refractivity contribution in [1.82, 2.24) is 4.90 Å². The van der Waals surface area contributed by atoms with E-state index < -0.39 is 0 Å². The number of hydrogen-bond acceptors (Lipinski definition) is 1. The topological polar surface area (TPSA) is 20.3 Å². The van der Waals surface area contributed by atoms with Gasteiger partial charge in [-0.1, -0.05) is 32.0 Å². The second-order valence-corrected chi connectivity index (χ2v) is 5.13. The Balaban J connectivity index is 2.94. The molecule has 0 radical (unpaired) electrons. The molecule has 0 spiro atoms. The molecular weight excluding hydrogens is 266 g/mol. The number of carbonyl (C=O) groups excluding carboxylic acids is 1. The van der Waals surface area contributed by atoms with Crippen LogP contribution in [0.15, 0.2) is 18.2 Å². The van der Waals surface area contributed by atoms with Gasteiger partial charge in [0.25, 0.3) is 4.82 Å². The number of nitrogens with zero attached hydrogens (tertiary/aromatic N) is 1. The molecule has 0 aromatic heterocycles. The van der Waals surface area contributed by atoms with Gasteiger partial charge in [-0.3, -0.25) is 4.79 Å². The van der Waals surface area contributed by atoms with Gasteiger partial charge < -0.3 is 4.90 Å². The van der Waals surface area contributed by atoms with Crippen LogP contribution in [-0.2, 0) is 6.54 Å². The maximum absolute atomic E-state index is 11.1. The maximum atomic E-state index is 11.1. The lowest BCUT2D eigenvalue weighted by atomic mass is 9.98. The van der Waals surface area contributed by atoms with E-state index in [1.807, 2.05) is 0 Å². The summed E-state index contributed by atoms with van der Waals surface area (Å²) >= 11 is 2.96. The fourth-order valence-corrected chi connectivity index (χ4v) is 1.66. The van der Waals surface area contributed by atoms with E-state index in [2.05, 4.69) is 54.9 Å². The van der Waals surface area contributed by atoms with Crippen molar-refractivity contribution in [1.29, 1.82) is 0 Å². The predicted molar refractivity (Wildman–Crippen MR) is 71.1 cm³/mol. The summed E-state index contributed by atoms with van der Waals surface area (Å²) in [6.45, 7) is 7.07. The zero-order valence-corrected chi connectivity index (χ0v) is 11.8. The fraction of sp³-hybridized carbons (Fsp3) is 0.462. The Morgan fingerprint density at radius 3 is 2.56 bits per heavy atom. The van der Waals surface area contributed by atoms with E-state index in [0.717, 1.165) is 0 Å². The lowest BCUT2D eigenvalue weighted by Gasteiger charge is -2.17. The van der Waals surface area contributed by atoms with Gasteiger partial charge in [0.05, 0.1) is 0 Å². The van der Waals surface area contributed by atoms with E-state index in [-0.39, 0.29) is 4.82 Å². The number of rotatable bonds is 3. The van der Waals surface area contributed by atoms with Gasteiger partial charge in [0.2, 0.25) is 0 Å². The van der Waals surface area contributed by atoms with Gasteiger partial charge >= 0.3 is 0 Å². The summed E-state index contributed by atoms with van der Waals surface area (Å²) in [5.41, 5.74) is 3.75. The van der Waals surface area contributed by atoms with Crippen molar-refractivity contribution in [2.24, 2.45) is 0 Å². The standard InChI is InChI=1S/C13H18BrNO/c1-9(2)11-6-5-10(3)12(7-11)8-15(4)13(14)16/h5-7,9H,8H2,1-4H3. The number of carbonyl (C=O) groups is 1. The first-order valence-electron chi connectivity index (χ1n) is 5.42. The molecule has 0 heterocycles. The lowest BCUT2D eigenvalue weighted by molar-refractivity contribution is 0.233. The Bertz CT molecular complexity index is 388. The third kappa shape index (κ3) is 3.34. The Morgan fingerprint density at radius 2 is 2.06 bits per heavy atom. The van der Waals surface area contributed by atoms with Crippen LogP contribution in [0.1, 0.15) is 36.5 Å². The van der Waals surface area contributed by atoms with Crippen molar-refractivity contribution in [2.75, 3.05) is 7.05 Å². The second kappa shape index (κ2) is 5.48.